The number of halogens is 1. The lowest BCUT2D eigenvalue weighted by Gasteiger charge is -2.31. The Bertz CT molecular complexity index is 1050. The van der Waals surface area contributed by atoms with E-state index in [1.54, 1.807) is 16.5 Å². The molecule has 7 heteroatoms. The number of aromatic nitrogens is 3. The molecule has 0 atom stereocenters. The van der Waals surface area contributed by atoms with Gasteiger partial charge in [-0.25, -0.2) is 13.9 Å². The highest BCUT2D eigenvalue weighted by molar-refractivity contribution is 5.94. The zero-order valence-corrected chi connectivity index (χ0v) is 16.3. The molecule has 0 bridgehead atoms. The van der Waals surface area contributed by atoms with Crippen LogP contribution in [-0.4, -0.2) is 38.2 Å². The van der Waals surface area contributed by atoms with Crippen molar-refractivity contribution in [3.8, 4) is 0 Å². The largest absolute Gasteiger partial charge is 0.345 e. The van der Waals surface area contributed by atoms with E-state index in [4.69, 9.17) is 0 Å². The third-order valence-corrected chi connectivity index (χ3v) is 5.46. The van der Waals surface area contributed by atoms with Gasteiger partial charge in [-0.1, -0.05) is 30.3 Å². The van der Waals surface area contributed by atoms with Crippen LogP contribution in [0.15, 0.2) is 59.4 Å². The molecule has 0 spiro atoms. The topological polar surface area (TPSA) is 60.1 Å². The highest BCUT2D eigenvalue weighted by atomic mass is 19.1. The second kappa shape index (κ2) is 8.03. The van der Waals surface area contributed by atoms with E-state index in [9.17, 15) is 14.0 Å². The summed E-state index contributed by atoms with van der Waals surface area (Å²) in [6, 6.07) is 15.5. The monoisotopic (exact) mass is 394 g/mol. The molecule has 1 amide bonds. The predicted molar refractivity (Wildman–Crippen MR) is 107 cm³/mol. The minimum absolute atomic E-state index is 0.0915. The molecule has 2 heterocycles. The Balaban J connectivity index is 1.49. The molecule has 0 saturated carbocycles. The summed E-state index contributed by atoms with van der Waals surface area (Å²) in [6.07, 6.45) is 1.47. The first-order valence-electron chi connectivity index (χ1n) is 9.75. The highest BCUT2D eigenvalue weighted by Crippen LogP contribution is 2.27. The molecule has 1 fully saturated rings. The standard InChI is InChI=1S/C22H23FN4O2/c1-25-22(29)27(15-16-5-3-2-4-6-16)20(24-25)17-11-13-26(14-12-17)21(28)18-7-9-19(23)10-8-18/h2-10,17H,11-15H2,1H3. The fraction of sp³-hybridized carbons (Fsp3) is 0.318. The minimum Gasteiger partial charge on any atom is -0.339 e. The van der Waals surface area contributed by atoms with Gasteiger partial charge in [0, 0.05) is 31.6 Å². The molecule has 0 aliphatic carbocycles. The molecule has 0 radical (unpaired) electrons. The number of nitrogens with zero attached hydrogens (tertiary/aromatic N) is 4. The van der Waals surface area contributed by atoms with E-state index < -0.39 is 0 Å². The second-order valence-corrected chi connectivity index (χ2v) is 7.41. The van der Waals surface area contributed by atoms with E-state index >= 15 is 0 Å². The van der Waals surface area contributed by atoms with Gasteiger partial charge >= 0.3 is 5.69 Å². The van der Waals surface area contributed by atoms with Crippen LogP contribution in [0.25, 0.3) is 0 Å². The first-order valence-corrected chi connectivity index (χ1v) is 9.75. The van der Waals surface area contributed by atoms with Crippen LogP contribution in [0.3, 0.4) is 0 Å². The van der Waals surface area contributed by atoms with Crippen LogP contribution >= 0.6 is 0 Å². The molecule has 0 N–H and O–H groups in total. The van der Waals surface area contributed by atoms with Gasteiger partial charge in [0.1, 0.15) is 11.6 Å². The van der Waals surface area contributed by atoms with Crippen LogP contribution < -0.4 is 5.69 Å². The maximum absolute atomic E-state index is 13.1. The van der Waals surface area contributed by atoms with E-state index in [0.29, 0.717) is 25.2 Å². The molecule has 29 heavy (non-hydrogen) atoms. The Morgan fingerprint density at radius 3 is 2.38 bits per heavy atom. The van der Waals surface area contributed by atoms with E-state index in [1.807, 2.05) is 30.3 Å². The lowest BCUT2D eigenvalue weighted by Crippen LogP contribution is -2.38. The van der Waals surface area contributed by atoms with Crippen molar-refractivity contribution >= 4 is 5.91 Å². The summed E-state index contributed by atoms with van der Waals surface area (Å²) < 4.78 is 16.2. The fourth-order valence-electron chi connectivity index (χ4n) is 3.86. The molecule has 3 aromatic rings. The van der Waals surface area contributed by atoms with Gasteiger partial charge in [-0.05, 0) is 42.7 Å². The molecule has 1 saturated heterocycles. The highest BCUT2D eigenvalue weighted by Gasteiger charge is 2.28. The number of amides is 1. The van der Waals surface area contributed by atoms with Crippen molar-refractivity contribution in [1.82, 2.24) is 19.2 Å². The maximum Gasteiger partial charge on any atom is 0.345 e. The molecular weight excluding hydrogens is 371 g/mol. The summed E-state index contributed by atoms with van der Waals surface area (Å²) >= 11 is 0. The number of carbonyl (C=O) groups excluding carboxylic acids is 1. The summed E-state index contributed by atoms with van der Waals surface area (Å²) in [5, 5.41) is 4.49. The fourth-order valence-corrected chi connectivity index (χ4v) is 3.86. The normalized spacial score (nSPS) is 14.9. The van der Waals surface area contributed by atoms with E-state index in [2.05, 4.69) is 5.10 Å². The first kappa shape index (κ1) is 19.1. The number of rotatable bonds is 4. The van der Waals surface area contributed by atoms with Gasteiger partial charge < -0.3 is 4.90 Å². The predicted octanol–water partition coefficient (Wildman–Crippen LogP) is 2.79. The van der Waals surface area contributed by atoms with Crippen LogP contribution in [0, 0.1) is 5.82 Å². The SMILES string of the molecule is Cn1nc(C2CCN(C(=O)c3ccc(F)cc3)CC2)n(Cc2ccccc2)c1=O. The van der Waals surface area contributed by atoms with Gasteiger partial charge in [-0.15, -0.1) is 0 Å². The minimum atomic E-state index is -0.355. The van der Waals surface area contributed by atoms with Crippen molar-refractivity contribution in [3.05, 3.63) is 87.9 Å². The summed E-state index contributed by atoms with van der Waals surface area (Å²) in [4.78, 5) is 27.0. The Morgan fingerprint density at radius 2 is 1.72 bits per heavy atom. The van der Waals surface area contributed by atoms with Crippen molar-refractivity contribution in [2.75, 3.05) is 13.1 Å². The second-order valence-electron chi connectivity index (χ2n) is 7.41. The molecular formula is C22H23FN4O2. The summed E-state index contributed by atoms with van der Waals surface area (Å²) in [5.74, 6) is 0.443. The third-order valence-electron chi connectivity index (χ3n) is 5.46. The molecule has 4 rings (SSSR count). The number of aryl methyl sites for hydroxylation is 1. The molecule has 6 nitrogen and oxygen atoms in total. The van der Waals surface area contributed by atoms with E-state index in [0.717, 1.165) is 24.2 Å². The zero-order chi connectivity index (χ0) is 20.4. The molecule has 0 unspecified atom stereocenters. The quantitative estimate of drug-likeness (QED) is 0.684. The summed E-state index contributed by atoms with van der Waals surface area (Å²) in [7, 11) is 1.67. The smallest absolute Gasteiger partial charge is 0.339 e. The van der Waals surface area contributed by atoms with Crippen molar-refractivity contribution in [2.24, 2.45) is 7.05 Å². The van der Waals surface area contributed by atoms with Gasteiger partial charge in [0.15, 0.2) is 0 Å². The van der Waals surface area contributed by atoms with Crippen LogP contribution in [-0.2, 0) is 13.6 Å². The van der Waals surface area contributed by atoms with Crippen molar-refractivity contribution in [2.45, 2.75) is 25.3 Å². The number of hydrogen-bond acceptors (Lipinski definition) is 3. The first-order chi connectivity index (χ1) is 14.0. The van der Waals surface area contributed by atoms with Gasteiger partial charge in [-0.2, -0.15) is 5.10 Å². The number of piperidine rings is 1. The van der Waals surface area contributed by atoms with E-state index in [1.165, 1.54) is 28.9 Å². The summed E-state index contributed by atoms with van der Waals surface area (Å²) in [6.45, 7) is 1.64. The van der Waals surface area contributed by atoms with Gasteiger partial charge in [-0.3, -0.25) is 9.36 Å². The maximum atomic E-state index is 13.1. The molecule has 150 valence electrons. The Labute approximate surface area is 168 Å². The molecule has 1 aliphatic heterocycles. The molecule has 1 aromatic heterocycles. The zero-order valence-electron chi connectivity index (χ0n) is 16.3. The lowest BCUT2D eigenvalue weighted by molar-refractivity contribution is 0.0710. The number of carbonyl (C=O) groups is 1. The lowest BCUT2D eigenvalue weighted by atomic mass is 9.95. The number of hydrogen-bond donors (Lipinski definition) is 0. The van der Waals surface area contributed by atoms with Crippen LogP contribution in [0.1, 0.15) is 40.5 Å². The Kier molecular flexibility index (Phi) is 5.29. The molecule has 2 aromatic carbocycles. The van der Waals surface area contributed by atoms with Crippen LogP contribution in [0.5, 0.6) is 0 Å². The average Bonchev–Trinajstić information content (AvgIpc) is 3.03. The molecule has 1 aliphatic rings. The van der Waals surface area contributed by atoms with Crippen LogP contribution in [0.2, 0.25) is 0 Å². The van der Waals surface area contributed by atoms with Gasteiger partial charge in [0.25, 0.3) is 5.91 Å². The average molecular weight is 394 g/mol. The van der Waals surface area contributed by atoms with Crippen molar-refractivity contribution in [3.63, 3.8) is 0 Å². The number of benzene rings is 2. The van der Waals surface area contributed by atoms with Crippen molar-refractivity contribution < 1.29 is 9.18 Å². The third kappa shape index (κ3) is 3.99. The number of likely N-dealkylation sites (tertiary alicyclic amines) is 1. The summed E-state index contributed by atoms with van der Waals surface area (Å²) in [5.41, 5.74) is 1.41. The van der Waals surface area contributed by atoms with E-state index in [-0.39, 0.29) is 23.3 Å². The Hall–Kier alpha value is -3.22. The van der Waals surface area contributed by atoms with Crippen LogP contribution in [0.4, 0.5) is 4.39 Å². The Morgan fingerprint density at radius 1 is 1.07 bits per heavy atom. The van der Waals surface area contributed by atoms with Gasteiger partial charge in [0.2, 0.25) is 0 Å². The van der Waals surface area contributed by atoms with Crippen molar-refractivity contribution in [1.29, 1.82) is 0 Å². The van der Waals surface area contributed by atoms with Gasteiger partial charge in [0.05, 0.1) is 6.54 Å².